The molecule has 0 unspecified atom stereocenters. The number of oxazole rings is 1. The quantitative estimate of drug-likeness (QED) is 0.501. The molecule has 1 aliphatic rings. The topological polar surface area (TPSA) is 72.6 Å². The zero-order valence-electron chi connectivity index (χ0n) is 17.0. The molecule has 1 N–H and O–H groups in total. The average molecular weight is 443 g/mol. The van der Waals surface area contributed by atoms with Crippen molar-refractivity contribution in [1.29, 1.82) is 0 Å². The third kappa shape index (κ3) is 5.01. The summed E-state index contributed by atoms with van der Waals surface area (Å²) in [6.45, 7) is -0.384. The third-order valence-electron chi connectivity index (χ3n) is 5.27. The predicted octanol–water partition coefficient (Wildman–Crippen LogP) is 5.79. The highest BCUT2D eigenvalue weighted by Crippen LogP contribution is 2.34. The number of nitrogens with zero attached hydrogens (tertiary/aromatic N) is 1. The maximum Gasteiger partial charge on any atom is 0.416 e. The van der Waals surface area contributed by atoms with Gasteiger partial charge in [-0.25, -0.2) is 9.78 Å². The van der Waals surface area contributed by atoms with Crippen molar-refractivity contribution in [3.05, 3.63) is 76.9 Å². The Kier molecular flexibility index (Phi) is 6.03. The van der Waals surface area contributed by atoms with E-state index in [1.807, 2.05) is 12.1 Å². The van der Waals surface area contributed by atoms with Crippen molar-refractivity contribution in [3.8, 4) is 17.0 Å². The lowest BCUT2D eigenvalue weighted by atomic mass is 9.89. The molecule has 0 radical (unpaired) electrons. The Morgan fingerprint density at radius 3 is 2.72 bits per heavy atom. The number of halogens is 3. The van der Waals surface area contributed by atoms with E-state index in [0.717, 1.165) is 36.1 Å². The first kappa shape index (κ1) is 21.7. The average Bonchev–Trinajstić information content (AvgIpc) is 3.24. The predicted molar refractivity (Wildman–Crippen MR) is 111 cm³/mol. The number of alkyl halides is 3. The molecule has 1 heterocycles. The minimum absolute atomic E-state index is 0.356. The number of carboxylic acid groups (broad SMARTS) is 1. The fraction of sp³-hybridized carbons (Fsp3) is 0.250. The van der Waals surface area contributed by atoms with Crippen LogP contribution in [0.3, 0.4) is 0 Å². The monoisotopic (exact) mass is 443 g/mol. The lowest BCUT2D eigenvalue weighted by Crippen LogP contribution is -2.12. The van der Waals surface area contributed by atoms with Gasteiger partial charge in [0.15, 0.2) is 12.5 Å². The molecule has 0 saturated carbocycles. The van der Waals surface area contributed by atoms with Gasteiger partial charge >= 0.3 is 12.1 Å². The molecule has 0 saturated heterocycles. The Balaban J connectivity index is 1.43. The summed E-state index contributed by atoms with van der Waals surface area (Å²) in [6.07, 6.45) is 1.77. The van der Waals surface area contributed by atoms with Crippen LogP contribution in [0.2, 0.25) is 0 Å². The highest BCUT2D eigenvalue weighted by atomic mass is 19.4. The molecule has 0 amide bonds. The molecule has 4 rings (SSSR count). The number of carbonyl (C=O) groups is 1. The van der Waals surface area contributed by atoms with E-state index < -0.39 is 17.7 Å². The van der Waals surface area contributed by atoms with Gasteiger partial charge in [0.2, 0.25) is 0 Å². The van der Waals surface area contributed by atoms with E-state index in [2.05, 4.69) is 11.1 Å². The van der Waals surface area contributed by atoms with Gasteiger partial charge in [0.25, 0.3) is 0 Å². The Hall–Kier alpha value is -3.55. The molecule has 166 valence electrons. The molecule has 0 atom stereocenters. The third-order valence-corrected chi connectivity index (χ3v) is 5.27. The number of aliphatic carboxylic acids is 1. The number of benzene rings is 2. The van der Waals surface area contributed by atoms with Crippen molar-refractivity contribution >= 4 is 12.0 Å². The molecule has 32 heavy (non-hydrogen) atoms. The number of aryl methyl sites for hydroxylation is 1. The summed E-state index contributed by atoms with van der Waals surface area (Å²) in [4.78, 5) is 15.1. The molecule has 3 aromatic rings. The maximum atomic E-state index is 12.9. The van der Waals surface area contributed by atoms with Crippen LogP contribution in [-0.4, -0.2) is 22.7 Å². The van der Waals surface area contributed by atoms with Crippen LogP contribution in [0.5, 0.6) is 5.75 Å². The molecule has 0 fully saturated rings. The molecule has 5 nitrogen and oxygen atoms in total. The normalized spacial score (nSPS) is 13.4. The van der Waals surface area contributed by atoms with Crippen LogP contribution in [0.25, 0.3) is 17.3 Å². The molecular formula is C24H20F3NO4. The number of ether oxygens (including phenoxy) is 1. The van der Waals surface area contributed by atoms with E-state index in [1.54, 1.807) is 12.1 Å². The number of aromatic nitrogens is 1. The van der Waals surface area contributed by atoms with Crippen LogP contribution >= 0.6 is 0 Å². The fourth-order valence-electron chi connectivity index (χ4n) is 3.72. The number of allylic oxidation sites excluding steroid dienone is 1. The second-order valence-electron chi connectivity index (χ2n) is 7.51. The van der Waals surface area contributed by atoms with Crippen LogP contribution < -0.4 is 4.74 Å². The molecule has 8 heteroatoms. The van der Waals surface area contributed by atoms with E-state index in [-0.39, 0.29) is 6.61 Å². The van der Waals surface area contributed by atoms with Crippen LogP contribution in [0.1, 0.15) is 35.4 Å². The van der Waals surface area contributed by atoms with Crippen molar-refractivity contribution in [1.82, 2.24) is 4.98 Å². The van der Waals surface area contributed by atoms with Crippen molar-refractivity contribution < 1.29 is 32.2 Å². The first-order valence-corrected chi connectivity index (χ1v) is 10.1. The second-order valence-corrected chi connectivity index (χ2v) is 7.51. The lowest BCUT2D eigenvalue weighted by Gasteiger charge is -2.19. The summed E-state index contributed by atoms with van der Waals surface area (Å²) in [7, 11) is 0. The zero-order chi connectivity index (χ0) is 22.7. The summed E-state index contributed by atoms with van der Waals surface area (Å²) in [5.41, 5.74) is 3.17. The van der Waals surface area contributed by atoms with E-state index in [1.165, 1.54) is 17.9 Å². The Morgan fingerprint density at radius 2 is 1.94 bits per heavy atom. The smallest absolute Gasteiger partial charge is 0.416 e. The summed E-state index contributed by atoms with van der Waals surface area (Å²) >= 11 is 0. The molecular weight excluding hydrogens is 423 g/mol. The molecule has 2 aromatic carbocycles. The number of rotatable bonds is 7. The number of hydrogen-bond donors (Lipinski definition) is 1. The zero-order valence-corrected chi connectivity index (χ0v) is 17.0. The minimum Gasteiger partial charge on any atom is -0.482 e. The first-order chi connectivity index (χ1) is 15.3. The highest BCUT2D eigenvalue weighted by Gasteiger charge is 2.30. The van der Waals surface area contributed by atoms with Crippen LogP contribution in [-0.2, 0) is 23.8 Å². The summed E-state index contributed by atoms with van der Waals surface area (Å²) in [6, 6.07) is 10.6. The van der Waals surface area contributed by atoms with E-state index >= 15 is 0 Å². The van der Waals surface area contributed by atoms with Gasteiger partial charge in [-0.2, -0.15) is 13.2 Å². The van der Waals surface area contributed by atoms with Gasteiger partial charge in [-0.15, -0.1) is 0 Å². The van der Waals surface area contributed by atoms with Gasteiger partial charge in [0.05, 0.1) is 5.56 Å². The van der Waals surface area contributed by atoms with Gasteiger partial charge in [-0.1, -0.05) is 35.9 Å². The van der Waals surface area contributed by atoms with Crippen molar-refractivity contribution in [2.45, 2.75) is 31.9 Å². The largest absolute Gasteiger partial charge is 0.482 e. The highest BCUT2D eigenvalue weighted by molar-refractivity contribution is 5.69. The summed E-state index contributed by atoms with van der Waals surface area (Å²) in [5, 5.41) is 8.82. The Labute approximate surface area is 182 Å². The maximum absolute atomic E-state index is 12.9. The van der Waals surface area contributed by atoms with Crippen molar-refractivity contribution in [3.63, 3.8) is 0 Å². The van der Waals surface area contributed by atoms with Gasteiger partial charge in [-0.3, -0.25) is 0 Å². The molecule has 0 spiro atoms. The second kappa shape index (κ2) is 8.90. The summed E-state index contributed by atoms with van der Waals surface area (Å²) < 4.78 is 49.7. The standard InChI is InChI=1S/C24H20F3NO4/c25-24(26,27)18-5-1-4-17(12-18)20-13-32-22(28-20)10-8-15-7-9-19-16(11-15)3-2-6-21(19)31-14-23(29)30/h1-6,11-13H,7-10,14H2,(H,29,30). The minimum atomic E-state index is -4.41. The number of fused-ring (bicyclic) bond motifs is 1. The fourth-order valence-corrected chi connectivity index (χ4v) is 3.72. The van der Waals surface area contributed by atoms with E-state index in [4.69, 9.17) is 14.3 Å². The molecule has 1 aromatic heterocycles. The Bertz CT molecular complexity index is 1160. The first-order valence-electron chi connectivity index (χ1n) is 10.1. The van der Waals surface area contributed by atoms with Crippen molar-refractivity contribution in [2.24, 2.45) is 0 Å². The number of hydrogen-bond acceptors (Lipinski definition) is 4. The SMILES string of the molecule is O=C(O)COc1cccc2c1CCC(CCc1nc(-c3cccc(C(F)(F)F)c3)co1)=C2. The molecule has 0 bridgehead atoms. The van der Waals surface area contributed by atoms with Crippen LogP contribution in [0, 0.1) is 0 Å². The van der Waals surface area contributed by atoms with Gasteiger partial charge in [0, 0.05) is 17.5 Å². The van der Waals surface area contributed by atoms with Gasteiger partial charge < -0.3 is 14.3 Å². The van der Waals surface area contributed by atoms with E-state index in [0.29, 0.717) is 35.7 Å². The van der Waals surface area contributed by atoms with Crippen molar-refractivity contribution in [2.75, 3.05) is 6.61 Å². The molecule has 1 aliphatic carbocycles. The Morgan fingerprint density at radius 1 is 1.12 bits per heavy atom. The van der Waals surface area contributed by atoms with Crippen LogP contribution in [0.4, 0.5) is 13.2 Å². The van der Waals surface area contributed by atoms with E-state index in [9.17, 15) is 18.0 Å². The van der Waals surface area contributed by atoms with Gasteiger partial charge in [0.1, 0.15) is 17.7 Å². The lowest BCUT2D eigenvalue weighted by molar-refractivity contribution is -0.139. The van der Waals surface area contributed by atoms with Crippen LogP contribution in [0.15, 0.2) is 58.7 Å². The summed E-state index contributed by atoms with van der Waals surface area (Å²) in [5.74, 6) is 0.0198. The molecule has 0 aliphatic heterocycles. The van der Waals surface area contributed by atoms with Gasteiger partial charge in [-0.05, 0) is 43.0 Å². The number of carboxylic acids is 1.